The van der Waals surface area contributed by atoms with Crippen molar-refractivity contribution in [2.75, 3.05) is 25.5 Å². The molecular weight excluding hydrogens is 505 g/mol. The highest BCUT2D eigenvalue weighted by atomic mass is 19.1. The van der Waals surface area contributed by atoms with E-state index < -0.39 is 6.04 Å². The van der Waals surface area contributed by atoms with E-state index in [4.69, 9.17) is 4.74 Å². The molecule has 202 valence electrons. The molecule has 1 aliphatic rings. The lowest BCUT2D eigenvalue weighted by atomic mass is 10.0. The van der Waals surface area contributed by atoms with Gasteiger partial charge in [0, 0.05) is 18.7 Å². The minimum absolute atomic E-state index is 0.120. The Morgan fingerprint density at radius 1 is 0.950 bits per heavy atom. The monoisotopic (exact) mass is 535 g/mol. The predicted octanol–water partition coefficient (Wildman–Crippen LogP) is 6.68. The summed E-state index contributed by atoms with van der Waals surface area (Å²) in [5.74, 6) is 0.110. The number of carbonyl (C=O) groups excluding carboxylic acids is 2. The quantitative estimate of drug-likeness (QED) is 0.280. The Kier molecular flexibility index (Phi) is 8.21. The van der Waals surface area contributed by atoms with Gasteiger partial charge in [-0.3, -0.25) is 4.79 Å². The van der Waals surface area contributed by atoms with Gasteiger partial charge < -0.3 is 19.9 Å². The summed E-state index contributed by atoms with van der Waals surface area (Å²) in [4.78, 5) is 30.4. The number of rotatable bonds is 6. The average Bonchev–Trinajstić information content (AvgIpc) is 2.98. The van der Waals surface area contributed by atoms with Crippen LogP contribution in [0.15, 0.2) is 115 Å². The maximum atomic E-state index is 13.8. The standard InChI is InChI=1S/C33H30FN3O3/c1-40-28-12-7-11-26(21-28)31-15-8-20-36(23-32(38)37(31)22-24-16-18-27(34)19-17-24)33(39)35-30-14-6-5-13-29(30)25-9-3-2-4-10-25/h2-19,21,31H,20,22-23H2,1H3,(H,35,39)/b15-8-. The maximum Gasteiger partial charge on any atom is 0.322 e. The van der Waals surface area contributed by atoms with Crippen molar-refractivity contribution < 1.29 is 18.7 Å². The first-order valence-corrected chi connectivity index (χ1v) is 13.1. The van der Waals surface area contributed by atoms with Crippen LogP contribution in [0.3, 0.4) is 0 Å². The number of nitrogens with one attached hydrogen (secondary N) is 1. The Balaban J connectivity index is 1.42. The highest BCUT2D eigenvalue weighted by molar-refractivity contribution is 5.96. The maximum absolute atomic E-state index is 13.8. The van der Waals surface area contributed by atoms with Crippen LogP contribution in [0.2, 0.25) is 0 Å². The van der Waals surface area contributed by atoms with Gasteiger partial charge in [-0.25, -0.2) is 9.18 Å². The number of ether oxygens (including phenoxy) is 1. The van der Waals surface area contributed by atoms with E-state index in [2.05, 4.69) is 5.32 Å². The molecule has 0 fully saturated rings. The molecule has 0 radical (unpaired) electrons. The topological polar surface area (TPSA) is 61.9 Å². The molecule has 5 rings (SSSR count). The Labute approximate surface area is 233 Å². The number of nitrogens with zero attached hydrogens (tertiary/aromatic N) is 2. The van der Waals surface area contributed by atoms with Crippen LogP contribution >= 0.6 is 0 Å². The normalized spacial score (nSPS) is 16.1. The number of anilines is 1. The average molecular weight is 536 g/mol. The lowest BCUT2D eigenvalue weighted by molar-refractivity contribution is -0.134. The molecule has 1 unspecified atom stereocenters. The number of hydrogen-bond donors (Lipinski definition) is 1. The number of benzene rings is 4. The van der Waals surface area contributed by atoms with Crippen molar-refractivity contribution in [2.24, 2.45) is 0 Å². The molecule has 0 saturated carbocycles. The van der Waals surface area contributed by atoms with Gasteiger partial charge in [0.2, 0.25) is 5.91 Å². The molecule has 0 aromatic heterocycles. The van der Waals surface area contributed by atoms with Crippen LogP contribution in [0.4, 0.5) is 14.9 Å². The first-order valence-electron chi connectivity index (χ1n) is 13.1. The SMILES string of the molecule is COc1cccc(C2/C=C\CN(C(=O)Nc3ccccc3-c3ccccc3)CC(=O)N2Cc2ccc(F)cc2)c1. The molecular formula is C33H30FN3O3. The fourth-order valence-corrected chi connectivity index (χ4v) is 4.79. The summed E-state index contributed by atoms with van der Waals surface area (Å²) in [6.07, 6.45) is 3.82. The van der Waals surface area contributed by atoms with Crippen LogP contribution < -0.4 is 10.1 Å². The second kappa shape index (κ2) is 12.3. The zero-order chi connectivity index (χ0) is 27.9. The predicted molar refractivity (Wildman–Crippen MR) is 154 cm³/mol. The second-order valence-corrected chi connectivity index (χ2v) is 9.52. The second-order valence-electron chi connectivity index (χ2n) is 9.52. The summed E-state index contributed by atoms with van der Waals surface area (Å²) in [6, 6.07) is 30.3. The van der Waals surface area contributed by atoms with Crippen molar-refractivity contribution in [1.82, 2.24) is 9.80 Å². The van der Waals surface area contributed by atoms with Gasteiger partial charge in [0.1, 0.15) is 18.1 Å². The van der Waals surface area contributed by atoms with Gasteiger partial charge in [0.25, 0.3) is 0 Å². The zero-order valence-corrected chi connectivity index (χ0v) is 22.2. The van der Waals surface area contributed by atoms with E-state index in [0.717, 1.165) is 22.3 Å². The van der Waals surface area contributed by atoms with Gasteiger partial charge in [0.05, 0.1) is 18.8 Å². The van der Waals surface area contributed by atoms with Crippen LogP contribution in [0.1, 0.15) is 17.2 Å². The summed E-state index contributed by atoms with van der Waals surface area (Å²) >= 11 is 0. The number of carbonyl (C=O) groups is 2. The van der Waals surface area contributed by atoms with Crippen LogP contribution in [-0.4, -0.2) is 41.9 Å². The third kappa shape index (κ3) is 6.21. The lowest BCUT2D eigenvalue weighted by Gasteiger charge is -2.34. The minimum atomic E-state index is -0.392. The summed E-state index contributed by atoms with van der Waals surface area (Å²) in [6.45, 7) is 0.388. The fourth-order valence-electron chi connectivity index (χ4n) is 4.79. The molecule has 7 heteroatoms. The molecule has 0 aliphatic carbocycles. The van der Waals surface area contributed by atoms with Crippen LogP contribution in [0.25, 0.3) is 11.1 Å². The molecule has 4 aromatic carbocycles. The fraction of sp³-hybridized carbons (Fsp3) is 0.152. The largest absolute Gasteiger partial charge is 0.497 e. The van der Waals surface area contributed by atoms with E-state index in [1.807, 2.05) is 91.0 Å². The number of hydrogen-bond acceptors (Lipinski definition) is 3. The zero-order valence-electron chi connectivity index (χ0n) is 22.2. The summed E-state index contributed by atoms with van der Waals surface area (Å²) < 4.78 is 19.0. The van der Waals surface area contributed by atoms with E-state index in [1.54, 1.807) is 24.1 Å². The van der Waals surface area contributed by atoms with Crippen molar-refractivity contribution in [3.8, 4) is 16.9 Å². The van der Waals surface area contributed by atoms with E-state index in [9.17, 15) is 14.0 Å². The summed E-state index contributed by atoms with van der Waals surface area (Å²) in [7, 11) is 1.60. The molecule has 0 saturated heterocycles. The van der Waals surface area contributed by atoms with E-state index in [0.29, 0.717) is 11.4 Å². The molecule has 6 nitrogen and oxygen atoms in total. The van der Waals surface area contributed by atoms with Gasteiger partial charge >= 0.3 is 6.03 Å². The highest BCUT2D eigenvalue weighted by Crippen LogP contribution is 2.30. The van der Waals surface area contributed by atoms with Crippen molar-refractivity contribution in [1.29, 1.82) is 0 Å². The van der Waals surface area contributed by atoms with Gasteiger partial charge in [0.15, 0.2) is 0 Å². The van der Waals surface area contributed by atoms with Gasteiger partial charge in [-0.05, 0) is 47.0 Å². The molecule has 1 atom stereocenters. The highest BCUT2D eigenvalue weighted by Gasteiger charge is 2.29. The van der Waals surface area contributed by atoms with Gasteiger partial charge in [-0.15, -0.1) is 0 Å². The van der Waals surface area contributed by atoms with E-state index in [-0.39, 0.29) is 37.4 Å². The van der Waals surface area contributed by atoms with Crippen LogP contribution in [0.5, 0.6) is 5.75 Å². The number of amides is 3. The van der Waals surface area contributed by atoms with Crippen molar-refractivity contribution in [2.45, 2.75) is 12.6 Å². The number of urea groups is 1. The smallest absolute Gasteiger partial charge is 0.322 e. The van der Waals surface area contributed by atoms with Gasteiger partial charge in [-0.2, -0.15) is 0 Å². The molecule has 40 heavy (non-hydrogen) atoms. The number of halogens is 1. The first-order chi connectivity index (χ1) is 19.5. The molecule has 3 amide bonds. The molecule has 0 spiro atoms. The molecule has 1 N–H and O–H groups in total. The number of para-hydroxylation sites is 1. The Morgan fingerprint density at radius 2 is 1.70 bits per heavy atom. The number of methoxy groups -OCH3 is 1. The Bertz CT molecular complexity index is 1510. The minimum Gasteiger partial charge on any atom is -0.497 e. The third-order valence-electron chi connectivity index (χ3n) is 6.87. The van der Waals surface area contributed by atoms with Crippen molar-refractivity contribution >= 4 is 17.6 Å². The molecule has 1 heterocycles. The first kappa shape index (κ1) is 26.7. The summed E-state index contributed by atoms with van der Waals surface area (Å²) in [5, 5.41) is 3.00. The van der Waals surface area contributed by atoms with Gasteiger partial charge in [-0.1, -0.05) is 84.9 Å². The van der Waals surface area contributed by atoms with Crippen molar-refractivity contribution in [3.05, 3.63) is 132 Å². The van der Waals surface area contributed by atoms with E-state index >= 15 is 0 Å². The molecule has 1 aliphatic heterocycles. The van der Waals surface area contributed by atoms with Crippen LogP contribution in [0, 0.1) is 5.82 Å². The molecule has 0 bridgehead atoms. The summed E-state index contributed by atoms with van der Waals surface area (Å²) in [5.41, 5.74) is 4.19. The van der Waals surface area contributed by atoms with E-state index in [1.165, 1.54) is 17.0 Å². The third-order valence-corrected chi connectivity index (χ3v) is 6.87. The lowest BCUT2D eigenvalue weighted by Crippen LogP contribution is -2.46. The molecule has 4 aromatic rings. The Hall–Kier alpha value is -4.91. The van der Waals surface area contributed by atoms with Crippen LogP contribution in [-0.2, 0) is 11.3 Å². The Morgan fingerprint density at radius 3 is 2.48 bits per heavy atom. The van der Waals surface area contributed by atoms with Crippen molar-refractivity contribution in [3.63, 3.8) is 0 Å².